The molecule has 1 heterocycles. The highest BCUT2D eigenvalue weighted by atomic mass is 16.2. The number of nitrogens with two attached hydrogens (primary N) is 1. The molecule has 0 aromatic carbocycles. The van der Waals surface area contributed by atoms with Gasteiger partial charge in [0.25, 0.3) is 0 Å². The lowest BCUT2D eigenvalue weighted by Gasteiger charge is -2.28. The third-order valence-electron chi connectivity index (χ3n) is 4.73. The van der Waals surface area contributed by atoms with Crippen LogP contribution in [0.25, 0.3) is 0 Å². The van der Waals surface area contributed by atoms with E-state index in [1.54, 1.807) is 0 Å². The van der Waals surface area contributed by atoms with Crippen molar-refractivity contribution in [3.8, 4) is 0 Å². The molecule has 1 atom stereocenters. The van der Waals surface area contributed by atoms with E-state index >= 15 is 0 Å². The first kappa shape index (κ1) is 15.8. The molecule has 0 bridgehead atoms. The van der Waals surface area contributed by atoms with Gasteiger partial charge in [-0.1, -0.05) is 26.7 Å². The van der Waals surface area contributed by atoms with Crippen LogP contribution in [0, 0.1) is 5.92 Å². The fourth-order valence-corrected chi connectivity index (χ4v) is 3.64. The van der Waals surface area contributed by atoms with Crippen LogP contribution in [0.5, 0.6) is 0 Å². The van der Waals surface area contributed by atoms with Crippen molar-refractivity contribution in [2.45, 2.75) is 64.5 Å². The second kappa shape index (κ2) is 7.41. The molecule has 0 radical (unpaired) electrons. The van der Waals surface area contributed by atoms with E-state index in [2.05, 4.69) is 18.7 Å². The SMILES string of the molecule is CC(C)C[C@H](N)C(=O)N1CCCN(C2CCCC2)CC1. The first-order valence-electron chi connectivity index (χ1n) is 8.36. The topological polar surface area (TPSA) is 49.6 Å². The van der Waals surface area contributed by atoms with Gasteiger partial charge in [0.2, 0.25) is 5.91 Å². The van der Waals surface area contributed by atoms with E-state index in [1.807, 2.05) is 4.90 Å². The fourth-order valence-electron chi connectivity index (χ4n) is 3.64. The number of carbonyl (C=O) groups excluding carboxylic acids is 1. The van der Waals surface area contributed by atoms with Crippen molar-refractivity contribution >= 4 is 5.91 Å². The van der Waals surface area contributed by atoms with E-state index in [0.29, 0.717) is 5.92 Å². The summed E-state index contributed by atoms with van der Waals surface area (Å²) in [4.78, 5) is 17.0. The molecule has 2 aliphatic rings. The number of hydrogen-bond donors (Lipinski definition) is 1. The summed E-state index contributed by atoms with van der Waals surface area (Å²) in [5, 5.41) is 0. The third kappa shape index (κ3) is 4.19. The molecule has 0 aromatic rings. The van der Waals surface area contributed by atoms with Gasteiger partial charge in [0, 0.05) is 32.2 Å². The van der Waals surface area contributed by atoms with Crippen molar-refractivity contribution < 1.29 is 4.79 Å². The summed E-state index contributed by atoms with van der Waals surface area (Å²) in [6.45, 7) is 8.17. The maximum absolute atomic E-state index is 12.4. The average Bonchev–Trinajstić information content (AvgIpc) is 2.82. The van der Waals surface area contributed by atoms with Gasteiger partial charge in [-0.2, -0.15) is 0 Å². The van der Waals surface area contributed by atoms with Crippen LogP contribution in [0.4, 0.5) is 0 Å². The van der Waals surface area contributed by atoms with Crippen molar-refractivity contribution in [1.29, 1.82) is 0 Å². The minimum absolute atomic E-state index is 0.159. The van der Waals surface area contributed by atoms with E-state index < -0.39 is 0 Å². The van der Waals surface area contributed by atoms with Crippen LogP contribution in [0.3, 0.4) is 0 Å². The summed E-state index contributed by atoms with van der Waals surface area (Å²) >= 11 is 0. The molecule has 4 nitrogen and oxygen atoms in total. The molecule has 1 aliphatic carbocycles. The molecule has 2 rings (SSSR count). The first-order valence-corrected chi connectivity index (χ1v) is 8.36. The van der Waals surface area contributed by atoms with Crippen LogP contribution in [0.1, 0.15) is 52.4 Å². The molecule has 0 spiro atoms. The summed E-state index contributed by atoms with van der Waals surface area (Å²) in [7, 11) is 0. The smallest absolute Gasteiger partial charge is 0.239 e. The Morgan fingerprint density at radius 2 is 1.80 bits per heavy atom. The van der Waals surface area contributed by atoms with Crippen LogP contribution in [-0.4, -0.2) is 54.0 Å². The first-order chi connectivity index (χ1) is 9.58. The molecule has 2 N–H and O–H groups in total. The highest BCUT2D eigenvalue weighted by Crippen LogP contribution is 2.24. The molecule has 116 valence electrons. The van der Waals surface area contributed by atoms with Crippen LogP contribution >= 0.6 is 0 Å². The van der Waals surface area contributed by atoms with Gasteiger partial charge in [0.1, 0.15) is 0 Å². The van der Waals surface area contributed by atoms with Gasteiger partial charge in [-0.15, -0.1) is 0 Å². The molecular weight excluding hydrogens is 250 g/mol. The van der Waals surface area contributed by atoms with E-state index in [0.717, 1.165) is 45.1 Å². The van der Waals surface area contributed by atoms with E-state index in [-0.39, 0.29) is 11.9 Å². The standard InChI is InChI=1S/C16H31N3O/c1-13(2)12-15(17)16(20)19-9-5-8-18(10-11-19)14-6-3-4-7-14/h13-15H,3-12,17H2,1-2H3/t15-/m0/s1. The molecule has 20 heavy (non-hydrogen) atoms. The Balaban J connectivity index is 1.83. The quantitative estimate of drug-likeness (QED) is 0.855. The minimum atomic E-state index is -0.312. The minimum Gasteiger partial charge on any atom is -0.340 e. The highest BCUT2D eigenvalue weighted by Gasteiger charge is 2.28. The summed E-state index contributed by atoms with van der Waals surface area (Å²) < 4.78 is 0. The van der Waals surface area contributed by atoms with Crippen molar-refractivity contribution in [2.24, 2.45) is 11.7 Å². The summed E-state index contributed by atoms with van der Waals surface area (Å²) in [6.07, 6.45) is 7.34. The van der Waals surface area contributed by atoms with Crippen molar-refractivity contribution in [3.63, 3.8) is 0 Å². The molecule has 1 aliphatic heterocycles. The Bertz CT molecular complexity index is 313. The van der Waals surface area contributed by atoms with Crippen LogP contribution in [0.15, 0.2) is 0 Å². The average molecular weight is 281 g/mol. The third-order valence-corrected chi connectivity index (χ3v) is 4.73. The van der Waals surface area contributed by atoms with Gasteiger partial charge >= 0.3 is 0 Å². The Morgan fingerprint density at radius 3 is 2.45 bits per heavy atom. The Morgan fingerprint density at radius 1 is 1.10 bits per heavy atom. The Hall–Kier alpha value is -0.610. The van der Waals surface area contributed by atoms with Crippen molar-refractivity contribution in [3.05, 3.63) is 0 Å². The molecule has 0 unspecified atom stereocenters. The van der Waals surface area contributed by atoms with Gasteiger partial charge in [-0.25, -0.2) is 0 Å². The zero-order chi connectivity index (χ0) is 14.5. The van der Waals surface area contributed by atoms with E-state index in [4.69, 9.17) is 5.73 Å². The van der Waals surface area contributed by atoms with Gasteiger partial charge in [0.05, 0.1) is 6.04 Å². The summed E-state index contributed by atoms with van der Waals surface area (Å²) in [5.41, 5.74) is 6.05. The van der Waals surface area contributed by atoms with E-state index in [1.165, 1.54) is 25.7 Å². The number of amides is 1. The highest BCUT2D eigenvalue weighted by molar-refractivity contribution is 5.81. The lowest BCUT2D eigenvalue weighted by atomic mass is 10.0. The maximum atomic E-state index is 12.4. The molecular formula is C16H31N3O. The van der Waals surface area contributed by atoms with Gasteiger partial charge < -0.3 is 10.6 Å². The summed E-state index contributed by atoms with van der Waals surface area (Å²) in [6, 6.07) is 0.461. The second-order valence-corrected chi connectivity index (χ2v) is 6.89. The zero-order valence-electron chi connectivity index (χ0n) is 13.2. The summed E-state index contributed by atoms with van der Waals surface area (Å²) in [5.74, 6) is 0.642. The van der Waals surface area contributed by atoms with E-state index in [9.17, 15) is 4.79 Å². The molecule has 4 heteroatoms. The number of nitrogens with zero attached hydrogens (tertiary/aromatic N) is 2. The normalized spacial score (nSPS) is 24.1. The number of rotatable bonds is 4. The maximum Gasteiger partial charge on any atom is 0.239 e. The van der Waals surface area contributed by atoms with Gasteiger partial charge in [0.15, 0.2) is 0 Å². The zero-order valence-corrected chi connectivity index (χ0v) is 13.2. The Kier molecular flexibility index (Phi) is 5.85. The number of hydrogen-bond acceptors (Lipinski definition) is 3. The number of carbonyl (C=O) groups is 1. The molecule has 0 aromatic heterocycles. The lowest BCUT2D eigenvalue weighted by molar-refractivity contribution is -0.132. The van der Waals surface area contributed by atoms with Crippen molar-refractivity contribution in [2.75, 3.05) is 26.2 Å². The van der Waals surface area contributed by atoms with Gasteiger partial charge in [-0.3, -0.25) is 9.69 Å². The Labute approximate surface area is 123 Å². The van der Waals surface area contributed by atoms with Crippen LogP contribution < -0.4 is 5.73 Å². The lowest BCUT2D eigenvalue weighted by Crippen LogP contribution is -2.46. The van der Waals surface area contributed by atoms with Gasteiger partial charge in [-0.05, 0) is 31.6 Å². The largest absolute Gasteiger partial charge is 0.340 e. The second-order valence-electron chi connectivity index (χ2n) is 6.89. The molecule has 2 fully saturated rings. The molecule has 1 saturated heterocycles. The monoisotopic (exact) mass is 281 g/mol. The van der Waals surface area contributed by atoms with Crippen molar-refractivity contribution in [1.82, 2.24) is 9.80 Å². The molecule has 1 amide bonds. The van der Waals surface area contributed by atoms with Crippen LogP contribution in [-0.2, 0) is 4.79 Å². The van der Waals surface area contributed by atoms with Crippen LogP contribution in [0.2, 0.25) is 0 Å². The fraction of sp³-hybridized carbons (Fsp3) is 0.938. The predicted molar refractivity (Wildman–Crippen MR) is 82.5 cm³/mol. The predicted octanol–water partition coefficient (Wildman–Crippen LogP) is 1.84. The molecule has 1 saturated carbocycles.